The minimum atomic E-state index is -1.93. The molecule has 17 heavy (non-hydrogen) atoms. The van der Waals surface area contributed by atoms with Gasteiger partial charge in [-0.2, -0.15) is 5.26 Å². The third-order valence-electron chi connectivity index (χ3n) is 2.16. The Balaban J connectivity index is 5.44. The fraction of sp³-hybridized carbons (Fsp3) is 0.545. The average molecular weight is 241 g/mol. The average Bonchev–Trinajstić information content (AvgIpc) is 2.30. The second kappa shape index (κ2) is 6.53. The molecule has 0 unspecified atom stereocenters. The summed E-state index contributed by atoms with van der Waals surface area (Å²) < 4.78 is 9.43. The van der Waals surface area contributed by atoms with Gasteiger partial charge >= 0.3 is 11.9 Å². The van der Waals surface area contributed by atoms with Crippen LogP contribution in [0.5, 0.6) is 0 Å². The van der Waals surface area contributed by atoms with Crippen LogP contribution < -0.4 is 0 Å². The molecule has 0 aliphatic rings. The molecule has 0 aromatic rings. The number of carbonyl (C=O) groups is 2. The van der Waals surface area contributed by atoms with Crippen molar-refractivity contribution >= 4 is 11.9 Å². The van der Waals surface area contributed by atoms with Crippen molar-refractivity contribution in [2.45, 2.75) is 20.8 Å². The first-order valence-corrected chi connectivity index (χ1v) is 5.08. The number of rotatable bonds is 5. The molecule has 6 nitrogen and oxygen atoms in total. The number of nitriles is 1. The number of ether oxygens (including phenoxy) is 2. The summed E-state index contributed by atoms with van der Waals surface area (Å²) in [4.78, 5) is 23.4. The quantitative estimate of drug-likeness (QED) is 0.335. The monoisotopic (exact) mass is 241 g/mol. The Hall–Kier alpha value is -2.03. The van der Waals surface area contributed by atoms with E-state index in [4.69, 9.17) is 19.8 Å². The maximum absolute atomic E-state index is 11.7. The summed E-state index contributed by atoms with van der Waals surface area (Å²) in [6, 6.07) is 1.58. The molecule has 0 spiro atoms. The van der Waals surface area contributed by atoms with Crippen molar-refractivity contribution in [2.75, 3.05) is 13.2 Å². The molecule has 6 heteroatoms. The van der Waals surface area contributed by atoms with Gasteiger partial charge < -0.3 is 14.6 Å². The van der Waals surface area contributed by atoms with Gasteiger partial charge in [-0.3, -0.25) is 9.59 Å². The van der Waals surface area contributed by atoms with Crippen LogP contribution in [0.25, 0.3) is 0 Å². The van der Waals surface area contributed by atoms with Crippen LogP contribution in [-0.4, -0.2) is 30.3 Å². The predicted octanol–water partition coefficient (Wildman–Crippen LogP) is 1.08. The van der Waals surface area contributed by atoms with E-state index in [-0.39, 0.29) is 13.2 Å². The molecule has 0 aliphatic heterocycles. The van der Waals surface area contributed by atoms with E-state index in [2.05, 4.69) is 0 Å². The molecular formula is C11H15NO5. The van der Waals surface area contributed by atoms with Gasteiger partial charge in [0, 0.05) is 0 Å². The van der Waals surface area contributed by atoms with E-state index < -0.39 is 22.9 Å². The lowest BCUT2D eigenvalue weighted by Crippen LogP contribution is -2.41. The van der Waals surface area contributed by atoms with E-state index in [1.807, 2.05) is 0 Å². The summed E-state index contributed by atoms with van der Waals surface area (Å²) in [5, 5.41) is 17.7. The highest BCUT2D eigenvalue weighted by molar-refractivity contribution is 6.03. The Kier molecular flexibility index (Phi) is 5.75. The van der Waals surface area contributed by atoms with Gasteiger partial charge in [0.2, 0.25) is 0 Å². The highest BCUT2D eigenvalue weighted by Crippen LogP contribution is 2.30. The van der Waals surface area contributed by atoms with Gasteiger partial charge in [-0.1, -0.05) is 0 Å². The lowest BCUT2D eigenvalue weighted by atomic mass is 9.83. The zero-order valence-electron chi connectivity index (χ0n) is 10.0. The highest BCUT2D eigenvalue weighted by Gasteiger charge is 2.48. The molecule has 0 fully saturated rings. The van der Waals surface area contributed by atoms with Crippen LogP contribution in [0, 0.1) is 16.7 Å². The zero-order chi connectivity index (χ0) is 13.5. The van der Waals surface area contributed by atoms with Crippen molar-refractivity contribution in [3.8, 4) is 6.07 Å². The molecular weight excluding hydrogens is 226 g/mol. The molecule has 0 saturated carbocycles. The summed E-state index contributed by atoms with van der Waals surface area (Å²) in [6.45, 7) is 4.42. The van der Waals surface area contributed by atoms with Crippen LogP contribution in [-0.2, 0) is 19.1 Å². The highest BCUT2D eigenvalue weighted by atomic mass is 16.6. The normalized spacial score (nSPS) is 11.5. The van der Waals surface area contributed by atoms with Crippen molar-refractivity contribution in [3.05, 3.63) is 11.8 Å². The van der Waals surface area contributed by atoms with Crippen molar-refractivity contribution in [1.82, 2.24) is 0 Å². The predicted molar refractivity (Wildman–Crippen MR) is 57.7 cm³/mol. The number of aliphatic hydroxyl groups is 1. The van der Waals surface area contributed by atoms with Crippen LogP contribution in [0.2, 0.25) is 0 Å². The maximum Gasteiger partial charge on any atom is 0.328 e. The second-order valence-electron chi connectivity index (χ2n) is 3.22. The Morgan fingerprint density at radius 3 is 1.94 bits per heavy atom. The van der Waals surface area contributed by atoms with E-state index >= 15 is 0 Å². The number of esters is 2. The Bertz CT molecular complexity index is 349. The first-order chi connectivity index (χ1) is 7.98. The van der Waals surface area contributed by atoms with Crippen LogP contribution in [0.4, 0.5) is 0 Å². The summed E-state index contributed by atoms with van der Waals surface area (Å²) in [5.74, 6) is -1.86. The largest absolute Gasteiger partial charge is 0.515 e. The Labute approximate surface area is 99.4 Å². The third-order valence-corrected chi connectivity index (χ3v) is 2.16. The first-order valence-electron chi connectivity index (χ1n) is 5.08. The minimum Gasteiger partial charge on any atom is -0.515 e. The molecule has 0 aromatic carbocycles. The Morgan fingerprint density at radius 1 is 1.29 bits per heavy atom. The molecule has 0 aliphatic carbocycles. The Morgan fingerprint density at radius 2 is 1.71 bits per heavy atom. The summed E-state index contributed by atoms with van der Waals surface area (Å²) in [7, 11) is 0. The van der Waals surface area contributed by atoms with E-state index in [1.165, 1.54) is 6.92 Å². The fourth-order valence-corrected chi connectivity index (χ4v) is 1.12. The van der Waals surface area contributed by atoms with Gasteiger partial charge in [0.25, 0.3) is 0 Å². The molecule has 0 saturated heterocycles. The molecule has 0 amide bonds. The zero-order valence-corrected chi connectivity index (χ0v) is 10.0. The number of aliphatic hydroxyl groups excluding tert-OH is 1. The summed E-state index contributed by atoms with van der Waals surface area (Å²) >= 11 is 0. The van der Waals surface area contributed by atoms with Crippen LogP contribution in [0.3, 0.4) is 0 Å². The fourth-order valence-electron chi connectivity index (χ4n) is 1.12. The first kappa shape index (κ1) is 15.0. The second-order valence-corrected chi connectivity index (χ2v) is 3.22. The van der Waals surface area contributed by atoms with E-state index in [1.54, 1.807) is 19.9 Å². The standard InChI is InChI=1S/C11H15NO5/c1-4-16-9(14)11(3,8(6-12)7-13)10(15)17-5-2/h7,13H,4-5H2,1-3H3. The molecule has 0 radical (unpaired) electrons. The summed E-state index contributed by atoms with van der Waals surface area (Å²) in [5.41, 5.74) is -2.36. The topological polar surface area (TPSA) is 96.6 Å². The molecule has 0 rings (SSSR count). The van der Waals surface area contributed by atoms with Gasteiger partial charge in [0.1, 0.15) is 0 Å². The van der Waals surface area contributed by atoms with Crippen LogP contribution in [0.15, 0.2) is 11.8 Å². The molecule has 94 valence electrons. The molecule has 0 bridgehead atoms. The third kappa shape index (κ3) is 2.97. The molecule has 0 heterocycles. The maximum atomic E-state index is 11.7. The SMILES string of the molecule is CCOC(=O)C(C)(C(=O)OCC)C(C#N)=CO. The van der Waals surface area contributed by atoms with E-state index in [0.29, 0.717) is 6.26 Å². The van der Waals surface area contributed by atoms with Crippen LogP contribution >= 0.6 is 0 Å². The smallest absolute Gasteiger partial charge is 0.328 e. The number of carbonyl (C=O) groups excluding carboxylic acids is 2. The van der Waals surface area contributed by atoms with E-state index in [9.17, 15) is 9.59 Å². The van der Waals surface area contributed by atoms with Gasteiger partial charge in [-0.15, -0.1) is 0 Å². The van der Waals surface area contributed by atoms with Crippen LogP contribution in [0.1, 0.15) is 20.8 Å². The van der Waals surface area contributed by atoms with E-state index in [0.717, 1.165) is 0 Å². The van der Waals surface area contributed by atoms with Gasteiger partial charge in [0.05, 0.1) is 31.1 Å². The van der Waals surface area contributed by atoms with Gasteiger partial charge in [-0.05, 0) is 20.8 Å². The van der Waals surface area contributed by atoms with Gasteiger partial charge in [0.15, 0.2) is 5.41 Å². The number of hydrogen-bond donors (Lipinski definition) is 1. The van der Waals surface area contributed by atoms with Crippen molar-refractivity contribution in [1.29, 1.82) is 5.26 Å². The van der Waals surface area contributed by atoms with Crippen molar-refractivity contribution < 1.29 is 24.2 Å². The molecule has 0 atom stereocenters. The lowest BCUT2D eigenvalue weighted by Gasteiger charge is -2.23. The number of hydrogen-bond acceptors (Lipinski definition) is 6. The summed E-state index contributed by atoms with van der Waals surface area (Å²) in [6.07, 6.45) is 0.411. The molecule has 1 N–H and O–H groups in total. The van der Waals surface area contributed by atoms with Crippen molar-refractivity contribution in [2.24, 2.45) is 5.41 Å². The number of nitrogens with zero attached hydrogens (tertiary/aromatic N) is 1. The molecule has 0 aromatic heterocycles. The van der Waals surface area contributed by atoms with Gasteiger partial charge in [-0.25, -0.2) is 0 Å². The van der Waals surface area contributed by atoms with Crippen molar-refractivity contribution in [3.63, 3.8) is 0 Å². The minimum absolute atomic E-state index is 0.0535. The lowest BCUT2D eigenvalue weighted by molar-refractivity contribution is -0.167.